The van der Waals surface area contributed by atoms with Crippen LogP contribution in [0.5, 0.6) is 0 Å². The maximum Gasteiger partial charge on any atom is 0.468 e. The van der Waals surface area contributed by atoms with Gasteiger partial charge in [-0.25, -0.2) is 4.79 Å². The summed E-state index contributed by atoms with van der Waals surface area (Å²) in [7, 11) is -0.620. The summed E-state index contributed by atoms with van der Waals surface area (Å²) in [4.78, 5) is 13.7. The van der Waals surface area contributed by atoms with Crippen LogP contribution in [0.25, 0.3) is 0 Å². The minimum Gasteiger partial charge on any atom is -0.464 e. The molecule has 2 atom stereocenters. The van der Waals surface area contributed by atoms with Crippen LogP contribution in [-0.2, 0) is 24.4 Å². The molecule has 0 saturated carbocycles. The van der Waals surface area contributed by atoms with Crippen LogP contribution in [0.15, 0.2) is 96.1 Å². The minimum absolute atomic E-state index is 0.265. The van der Waals surface area contributed by atoms with Gasteiger partial charge in [0, 0.05) is 32.5 Å². The van der Waals surface area contributed by atoms with E-state index in [1.807, 2.05) is 66.5 Å². The highest BCUT2D eigenvalue weighted by molar-refractivity contribution is 6.52. The van der Waals surface area contributed by atoms with Crippen LogP contribution in [0, 0.1) is 0 Å². The first-order valence-electron chi connectivity index (χ1n) is 12.9. The predicted octanol–water partition coefficient (Wildman–Crippen LogP) is 3.71. The first-order valence-corrected chi connectivity index (χ1v) is 12.9. The molecule has 5 rings (SSSR count). The molecule has 190 valence electrons. The summed E-state index contributed by atoms with van der Waals surface area (Å²) in [6.07, 6.45) is 1.80. The molecular weight excluding hydrogens is 465 g/mol. The number of hydrogen-bond donors (Lipinski definition) is 1. The first kappa shape index (κ1) is 25.2. The summed E-state index contributed by atoms with van der Waals surface area (Å²) >= 11 is 0. The van der Waals surface area contributed by atoms with Gasteiger partial charge >= 0.3 is 13.1 Å². The highest BCUT2D eigenvalue weighted by atomic mass is 16.6. The van der Waals surface area contributed by atoms with Gasteiger partial charge in [0.1, 0.15) is 5.54 Å². The van der Waals surface area contributed by atoms with Crippen molar-refractivity contribution in [3.05, 3.63) is 108 Å². The van der Waals surface area contributed by atoms with E-state index in [1.54, 1.807) is 6.21 Å². The Bertz CT molecular complexity index is 1070. The number of nitrogens with one attached hydrogen (secondary N) is 1. The second-order valence-corrected chi connectivity index (χ2v) is 9.05. The summed E-state index contributed by atoms with van der Waals surface area (Å²) < 4.78 is 17.8. The van der Waals surface area contributed by atoms with Gasteiger partial charge in [-0.05, 0) is 23.6 Å². The summed E-state index contributed by atoms with van der Waals surface area (Å²) in [5.41, 5.74) is 2.06. The lowest BCUT2D eigenvalue weighted by molar-refractivity contribution is -0.150. The van der Waals surface area contributed by atoms with E-state index < -0.39 is 24.5 Å². The third-order valence-corrected chi connectivity index (χ3v) is 6.87. The second kappa shape index (κ2) is 11.7. The van der Waals surface area contributed by atoms with Crippen molar-refractivity contribution in [1.29, 1.82) is 0 Å². The second-order valence-electron chi connectivity index (χ2n) is 9.05. The largest absolute Gasteiger partial charge is 0.468 e. The van der Waals surface area contributed by atoms with Crippen molar-refractivity contribution < 1.29 is 18.8 Å². The molecule has 3 aromatic rings. The van der Waals surface area contributed by atoms with Crippen molar-refractivity contribution in [1.82, 2.24) is 10.3 Å². The molecule has 0 aliphatic carbocycles. The zero-order valence-electron chi connectivity index (χ0n) is 21.0. The van der Waals surface area contributed by atoms with Gasteiger partial charge < -0.3 is 19.4 Å². The van der Waals surface area contributed by atoms with Gasteiger partial charge in [-0.2, -0.15) is 5.10 Å². The van der Waals surface area contributed by atoms with E-state index >= 15 is 0 Å². The molecule has 2 aliphatic heterocycles. The van der Waals surface area contributed by atoms with Crippen LogP contribution in [0.2, 0.25) is 5.82 Å². The highest BCUT2D eigenvalue weighted by Gasteiger charge is 2.55. The topological polar surface area (TPSA) is 72.4 Å². The van der Waals surface area contributed by atoms with Gasteiger partial charge in [-0.15, -0.1) is 0 Å². The SMILES string of the molecule is CCOC(=O)C1C(B2OCCNCCO2)C=NN1C(c1ccccc1)(c1ccccc1)c1ccccc1. The van der Waals surface area contributed by atoms with Crippen LogP contribution in [0.1, 0.15) is 23.6 Å². The number of carbonyl (C=O) groups is 1. The Morgan fingerprint density at radius 3 is 1.86 bits per heavy atom. The van der Waals surface area contributed by atoms with Crippen molar-refractivity contribution in [2.24, 2.45) is 5.10 Å². The third kappa shape index (κ3) is 4.92. The molecule has 0 bridgehead atoms. The van der Waals surface area contributed by atoms with Gasteiger partial charge in [-0.3, -0.25) is 5.01 Å². The van der Waals surface area contributed by atoms with E-state index in [2.05, 4.69) is 41.7 Å². The molecular formula is C29H32BN3O4. The van der Waals surface area contributed by atoms with Crippen molar-refractivity contribution in [3.8, 4) is 0 Å². The number of ether oxygens (including phenoxy) is 1. The van der Waals surface area contributed by atoms with Crippen molar-refractivity contribution in [3.63, 3.8) is 0 Å². The molecule has 8 heteroatoms. The fraction of sp³-hybridized carbons (Fsp3) is 0.310. The molecule has 1 N–H and O–H groups in total. The quantitative estimate of drug-likeness (QED) is 0.305. The van der Waals surface area contributed by atoms with Gasteiger partial charge in [0.2, 0.25) is 0 Å². The minimum atomic E-state index is -0.907. The number of benzene rings is 3. The van der Waals surface area contributed by atoms with Crippen LogP contribution in [-0.4, -0.2) is 63.3 Å². The lowest BCUT2D eigenvalue weighted by atomic mass is 9.66. The number of nitrogens with zero attached hydrogens (tertiary/aromatic N) is 2. The summed E-state index contributed by atoms with van der Waals surface area (Å²) in [6.45, 7) is 4.48. The Morgan fingerprint density at radius 2 is 1.41 bits per heavy atom. The van der Waals surface area contributed by atoms with Crippen LogP contribution >= 0.6 is 0 Å². The molecule has 1 fully saturated rings. The molecule has 7 nitrogen and oxygen atoms in total. The molecule has 2 unspecified atom stereocenters. The van der Waals surface area contributed by atoms with Crippen LogP contribution in [0.4, 0.5) is 0 Å². The van der Waals surface area contributed by atoms with E-state index in [0.717, 1.165) is 29.8 Å². The molecule has 0 radical (unpaired) electrons. The lowest BCUT2D eigenvalue weighted by Crippen LogP contribution is -2.55. The van der Waals surface area contributed by atoms with E-state index in [4.69, 9.17) is 19.1 Å². The average molecular weight is 497 g/mol. The van der Waals surface area contributed by atoms with Gasteiger partial charge in [-0.1, -0.05) is 91.0 Å². The normalized spacial score (nSPS) is 20.4. The smallest absolute Gasteiger partial charge is 0.464 e. The van der Waals surface area contributed by atoms with E-state index in [-0.39, 0.29) is 12.6 Å². The lowest BCUT2D eigenvalue weighted by Gasteiger charge is -2.45. The fourth-order valence-corrected chi connectivity index (χ4v) is 5.29. The van der Waals surface area contributed by atoms with E-state index in [1.165, 1.54) is 0 Å². The van der Waals surface area contributed by atoms with Crippen LogP contribution < -0.4 is 5.32 Å². The number of rotatable bonds is 7. The Morgan fingerprint density at radius 1 is 0.919 bits per heavy atom. The third-order valence-electron chi connectivity index (χ3n) is 6.87. The molecule has 37 heavy (non-hydrogen) atoms. The van der Waals surface area contributed by atoms with E-state index in [9.17, 15) is 4.79 Å². The molecule has 1 saturated heterocycles. The zero-order valence-corrected chi connectivity index (χ0v) is 21.0. The summed E-state index contributed by atoms with van der Waals surface area (Å²) in [5, 5.41) is 10.1. The number of hydrogen-bond acceptors (Lipinski definition) is 7. The maximum atomic E-state index is 13.7. The maximum absolute atomic E-state index is 13.7. The Labute approximate surface area is 218 Å². The molecule has 0 amide bonds. The van der Waals surface area contributed by atoms with Crippen molar-refractivity contribution in [2.75, 3.05) is 32.9 Å². The highest BCUT2D eigenvalue weighted by Crippen LogP contribution is 2.47. The summed E-state index contributed by atoms with van der Waals surface area (Å²) in [5.74, 6) is -0.808. The molecule has 0 spiro atoms. The predicted molar refractivity (Wildman–Crippen MR) is 144 cm³/mol. The van der Waals surface area contributed by atoms with Gasteiger partial charge in [0.05, 0.1) is 12.4 Å². The van der Waals surface area contributed by atoms with Crippen molar-refractivity contribution >= 4 is 19.3 Å². The number of carbonyl (C=O) groups excluding carboxylic acids is 1. The Balaban J connectivity index is 1.70. The average Bonchev–Trinajstić information content (AvgIpc) is 3.36. The fourth-order valence-electron chi connectivity index (χ4n) is 5.29. The van der Waals surface area contributed by atoms with Gasteiger partial charge in [0.15, 0.2) is 6.04 Å². The zero-order chi connectivity index (χ0) is 25.5. The number of esters is 1. The molecule has 2 aliphatic rings. The monoisotopic (exact) mass is 497 g/mol. The first-order chi connectivity index (χ1) is 18.3. The molecule has 0 aromatic heterocycles. The molecule has 3 aromatic carbocycles. The molecule has 2 heterocycles. The number of hydrazone groups is 1. The Kier molecular flexibility index (Phi) is 7.99. The van der Waals surface area contributed by atoms with E-state index in [0.29, 0.717) is 13.2 Å². The Hall–Kier alpha value is -3.46. The van der Waals surface area contributed by atoms with Gasteiger partial charge in [0.25, 0.3) is 0 Å². The summed E-state index contributed by atoms with van der Waals surface area (Å²) in [6, 6.07) is 29.8. The van der Waals surface area contributed by atoms with Crippen molar-refractivity contribution in [2.45, 2.75) is 24.3 Å². The standard InChI is InChI=1S/C29H32BN3O4/c1-2-35-28(34)27-26(30-36-20-18-31-19-21-37-30)22-32-33(27)29(23-12-6-3-7-13-23,24-14-8-4-9-15-24)25-16-10-5-11-17-25/h3-17,22,26-27,31H,2,18-21H2,1H3. The van der Waals surface area contributed by atoms with Crippen LogP contribution in [0.3, 0.4) is 0 Å².